The molecule has 1 saturated heterocycles. The van der Waals surface area contributed by atoms with E-state index in [4.69, 9.17) is 14.0 Å². The zero-order valence-electron chi connectivity index (χ0n) is 22.0. The number of benzene rings is 1. The highest BCUT2D eigenvalue weighted by atomic mass is 16.5. The summed E-state index contributed by atoms with van der Waals surface area (Å²) in [5, 5.41) is 6.91. The number of pyridine rings is 1. The number of methoxy groups -OCH3 is 1. The lowest BCUT2D eigenvalue weighted by molar-refractivity contribution is -0.130. The number of rotatable bonds is 4. The van der Waals surface area contributed by atoms with Crippen LogP contribution in [-0.2, 0) is 16.0 Å². The maximum Gasteiger partial charge on any atom is 0.276 e. The third-order valence-corrected chi connectivity index (χ3v) is 7.01. The quantitative estimate of drug-likeness (QED) is 0.539. The van der Waals surface area contributed by atoms with Gasteiger partial charge >= 0.3 is 0 Å². The molecule has 3 amide bonds. The molecule has 204 valence electrons. The van der Waals surface area contributed by atoms with Crippen molar-refractivity contribution in [3.63, 3.8) is 0 Å². The van der Waals surface area contributed by atoms with Crippen LogP contribution < -0.4 is 14.8 Å². The summed E-state index contributed by atoms with van der Waals surface area (Å²) in [7, 11) is 1.58. The lowest BCUT2D eigenvalue weighted by atomic mass is 9.94. The van der Waals surface area contributed by atoms with Gasteiger partial charge in [-0.1, -0.05) is 17.3 Å². The van der Waals surface area contributed by atoms with E-state index >= 15 is 0 Å². The van der Waals surface area contributed by atoms with Crippen molar-refractivity contribution in [2.45, 2.75) is 31.7 Å². The maximum atomic E-state index is 13.3. The Morgan fingerprint density at radius 2 is 2.05 bits per heavy atom. The van der Waals surface area contributed by atoms with Gasteiger partial charge in [0.15, 0.2) is 17.2 Å². The maximum absolute atomic E-state index is 13.3. The number of aromatic nitrogens is 2. The standard InChI is InChI=1S/C28H31N5O6/c1-18-11-22(31-39-18)28(36)32-9-4-10-38-25-13-20(6-7-24(25)37-2)21-15-33(16-23(21)30-26(34)17-32)27(35)12-19-5-3-8-29-14-19/h3,5-8,11,13-14,21,23H,4,9-10,12,15-17H2,1-2H3,(H,30,34)/t21-,23+/m1/s1. The number of carbonyl (C=O) groups excluding carboxylic acids is 3. The number of likely N-dealkylation sites (tertiary alicyclic amines) is 1. The predicted octanol–water partition coefficient (Wildman–Crippen LogP) is 1.96. The van der Waals surface area contributed by atoms with Crippen LogP contribution in [0.5, 0.6) is 11.5 Å². The number of hydrogen-bond donors (Lipinski definition) is 1. The minimum atomic E-state index is -0.397. The predicted molar refractivity (Wildman–Crippen MR) is 139 cm³/mol. The van der Waals surface area contributed by atoms with Gasteiger partial charge in [-0.05, 0) is 42.7 Å². The molecule has 0 saturated carbocycles. The van der Waals surface area contributed by atoms with Crippen LogP contribution in [0.15, 0.2) is 53.3 Å². The molecule has 5 rings (SSSR count). The Morgan fingerprint density at radius 3 is 2.79 bits per heavy atom. The second-order valence-electron chi connectivity index (χ2n) is 9.78. The molecule has 11 heteroatoms. The monoisotopic (exact) mass is 533 g/mol. The summed E-state index contributed by atoms with van der Waals surface area (Å²) in [4.78, 5) is 46.9. The van der Waals surface area contributed by atoms with Crippen LogP contribution in [0.2, 0.25) is 0 Å². The molecule has 39 heavy (non-hydrogen) atoms. The number of nitrogens with zero attached hydrogens (tertiary/aromatic N) is 4. The Kier molecular flexibility index (Phi) is 7.76. The molecule has 1 aromatic carbocycles. The van der Waals surface area contributed by atoms with Crippen molar-refractivity contribution in [2.75, 3.05) is 39.9 Å². The lowest BCUT2D eigenvalue weighted by Crippen LogP contribution is -2.47. The van der Waals surface area contributed by atoms with Crippen LogP contribution >= 0.6 is 0 Å². The summed E-state index contributed by atoms with van der Waals surface area (Å²) in [6.45, 7) is 2.91. The van der Waals surface area contributed by atoms with Gasteiger partial charge in [0.05, 0.1) is 32.7 Å². The number of hydrogen-bond acceptors (Lipinski definition) is 8. The Balaban J connectivity index is 1.41. The number of amides is 3. The number of fused-ring (bicyclic) bond motifs is 4. The van der Waals surface area contributed by atoms with Crippen molar-refractivity contribution in [1.82, 2.24) is 25.3 Å². The molecule has 2 aliphatic heterocycles. The van der Waals surface area contributed by atoms with Crippen LogP contribution in [0.4, 0.5) is 0 Å². The minimum absolute atomic E-state index is 0.0472. The molecule has 0 aliphatic carbocycles. The van der Waals surface area contributed by atoms with Crippen molar-refractivity contribution in [3.05, 3.63) is 71.4 Å². The van der Waals surface area contributed by atoms with Crippen molar-refractivity contribution < 1.29 is 28.4 Å². The van der Waals surface area contributed by atoms with E-state index in [1.807, 2.05) is 24.3 Å². The van der Waals surface area contributed by atoms with Gasteiger partial charge < -0.3 is 29.1 Å². The smallest absolute Gasteiger partial charge is 0.276 e. The summed E-state index contributed by atoms with van der Waals surface area (Å²) in [6, 6.07) is 10.5. The van der Waals surface area contributed by atoms with E-state index < -0.39 is 5.91 Å². The highest BCUT2D eigenvalue weighted by molar-refractivity contribution is 5.95. The third-order valence-electron chi connectivity index (χ3n) is 7.01. The van der Waals surface area contributed by atoms with Gasteiger partial charge in [0.25, 0.3) is 5.91 Å². The normalized spacial score (nSPS) is 19.6. The molecule has 2 aromatic heterocycles. The number of ether oxygens (including phenoxy) is 2. The highest BCUT2D eigenvalue weighted by Gasteiger charge is 2.38. The van der Waals surface area contributed by atoms with Gasteiger partial charge in [0, 0.05) is 44.0 Å². The van der Waals surface area contributed by atoms with Gasteiger partial charge in [0.2, 0.25) is 11.8 Å². The summed E-state index contributed by atoms with van der Waals surface area (Å²) >= 11 is 0. The van der Waals surface area contributed by atoms with Crippen molar-refractivity contribution in [1.29, 1.82) is 0 Å². The molecule has 2 bridgehead atoms. The number of carbonyl (C=O) groups is 3. The third kappa shape index (κ3) is 6.02. The van der Waals surface area contributed by atoms with Crippen LogP contribution in [0.1, 0.15) is 39.7 Å². The van der Waals surface area contributed by atoms with Crippen LogP contribution in [-0.4, -0.2) is 83.6 Å². The molecular formula is C28H31N5O6. The van der Waals surface area contributed by atoms with Gasteiger partial charge in [-0.15, -0.1) is 0 Å². The summed E-state index contributed by atoms with van der Waals surface area (Å²) in [6.07, 6.45) is 4.06. The number of aryl methyl sites for hydroxylation is 1. The SMILES string of the molecule is COc1ccc2cc1OCCCN(C(=O)c1cc(C)on1)CC(=O)N[C@H]1CN(C(=O)Cc3cccnc3)C[C@H]21. The van der Waals surface area contributed by atoms with E-state index in [9.17, 15) is 14.4 Å². The van der Waals surface area contributed by atoms with Gasteiger partial charge in [-0.2, -0.15) is 0 Å². The molecule has 4 heterocycles. The van der Waals surface area contributed by atoms with E-state index in [1.165, 1.54) is 4.90 Å². The molecule has 2 atom stereocenters. The first-order chi connectivity index (χ1) is 18.9. The minimum Gasteiger partial charge on any atom is -0.493 e. The van der Waals surface area contributed by atoms with Crippen LogP contribution in [0.3, 0.4) is 0 Å². The average molecular weight is 534 g/mol. The molecule has 11 nitrogen and oxygen atoms in total. The van der Waals surface area contributed by atoms with Crippen molar-refractivity contribution in [2.24, 2.45) is 0 Å². The Bertz CT molecular complexity index is 1340. The summed E-state index contributed by atoms with van der Waals surface area (Å²) in [5.74, 6) is 0.734. The van der Waals surface area contributed by atoms with Gasteiger partial charge in [0.1, 0.15) is 5.76 Å². The molecular weight excluding hydrogens is 502 g/mol. The van der Waals surface area contributed by atoms with Gasteiger partial charge in [-0.3, -0.25) is 19.4 Å². The number of nitrogens with one attached hydrogen (secondary N) is 1. The largest absolute Gasteiger partial charge is 0.493 e. The fourth-order valence-electron chi connectivity index (χ4n) is 5.06. The summed E-state index contributed by atoms with van der Waals surface area (Å²) < 4.78 is 16.6. The molecule has 0 spiro atoms. The fraction of sp³-hybridized carbons (Fsp3) is 0.393. The molecule has 0 radical (unpaired) electrons. The molecule has 0 unspecified atom stereocenters. The van der Waals surface area contributed by atoms with Crippen LogP contribution in [0, 0.1) is 6.92 Å². The fourth-order valence-corrected chi connectivity index (χ4v) is 5.06. The lowest BCUT2D eigenvalue weighted by Gasteiger charge is -2.24. The van der Waals surface area contributed by atoms with E-state index in [1.54, 1.807) is 43.5 Å². The molecule has 1 N–H and O–H groups in total. The highest BCUT2D eigenvalue weighted by Crippen LogP contribution is 2.35. The average Bonchev–Trinajstić information content (AvgIpc) is 3.56. The first kappa shape index (κ1) is 26.2. The second-order valence-corrected chi connectivity index (χ2v) is 9.78. The Labute approximate surface area is 226 Å². The van der Waals surface area contributed by atoms with Crippen molar-refractivity contribution in [3.8, 4) is 11.5 Å². The van der Waals surface area contributed by atoms with E-state index in [2.05, 4.69) is 15.5 Å². The van der Waals surface area contributed by atoms with Crippen molar-refractivity contribution >= 4 is 17.7 Å². The Hall–Kier alpha value is -4.41. The van der Waals surface area contributed by atoms with E-state index in [0.717, 1.165) is 11.1 Å². The topological polar surface area (TPSA) is 127 Å². The van der Waals surface area contributed by atoms with E-state index in [-0.39, 0.29) is 49.0 Å². The zero-order valence-corrected chi connectivity index (χ0v) is 22.0. The molecule has 2 aliphatic rings. The Morgan fingerprint density at radius 1 is 1.18 bits per heavy atom. The summed E-state index contributed by atoms with van der Waals surface area (Å²) in [5.41, 5.74) is 1.90. The van der Waals surface area contributed by atoms with E-state index in [0.29, 0.717) is 43.4 Å². The molecule has 3 aromatic rings. The zero-order chi connectivity index (χ0) is 27.4. The first-order valence-electron chi connectivity index (χ1n) is 12.9. The first-order valence-corrected chi connectivity index (χ1v) is 12.9. The van der Waals surface area contributed by atoms with Gasteiger partial charge in [-0.25, -0.2) is 0 Å². The second kappa shape index (κ2) is 11.5. The van der Waals surface area contributed by atoms with Crippen LogP contribution in [0.25, 0.3) is 0 Å². The molecule has 1 fully saturated rings.